The summed E-state index contributed by atoms with van der Waals surface area (Å²) in [6.07, 6.45) is 0.534. The Bertz CT molecular complexity index is 827. The summed E-state index contributed by atoms with van der Waals surface area (Å²) in [5.41, 5.74) is 0.501. The Kier molecular flexibility index (Phi) is 7.67. The van der Waals surface area contributed by atoms with E-state index in [0.717, 1.165) is 11.3 Å². The largest absolute Gasteiger partial charge is 0.465 e. The number of thioether (sulfide) groups is 1. The van der Waals surface area contributed by atoms with E-state index >= 15 is 0 Å². The van der Waals surface area contributed by atoms with Gasteiger partial charge in [0.25, 0.3) is 5.69 Å². The number of carbonyl (C=O) groups excluding carboxylic acids is 2. The van der Waals surface area contributed by atoms with Crippen LogP contribution in [0.5, 0.6) is 0 Å². The van der Waals surface area contributed by atoms with Crippen LogP contribution in [0.2, 0.25) is 0 Å². The zero-order valence-corrected chi connectivity index (χ0v) is 16.3. The Morgan fingerprint density at radius 1 is 1.37 bits per heavy atom. The van der Waals surface area contributed by atoms with Crippen molar-refractivity contribution in [2.45, 2.75) is 25.5 Å². The number of nitro groups is 1. The van der Waals surface area contributed by atoms with E-state index in [1.165, 1.54) is 23.9 Å². The smallest absolute Gasteiger partial charge is 0.315 e. The number of amides is 1. The molecule has 1 atom stereocenters. The molecule has 1 heterocycles. The van der Waals surface area contributed by atoms with Crippen LogP contribution in [0, 0.1) is 10.1 Å². The average Bonchev–Trinajstić information content (AvgIpc) is 3.11. The quantitative estimate of drug-likeness (QED) is 0.380. The number of hydrogen-bond acceptors (Lipinski definition) is 9. The highest BCUT2D eigenvalue weighted by Crippen LogP contribution is 2.29. The van der Waals surface area contributed by atoms with Crippen LogP contribution in [0.4, 0.5) is 10.8 Å². The molecular weight excluding hydrogens is 392 g/mol. The first-order valence-corrected chi connectivity index (χ1v) is 9.97. The standard InChI is InChI=1S/C16H18N4O5S2/c1-3-12(26-9-13(21)25-4-2)14(22)17-16-19-18-15(27-16)10-6-5-7-11(8-10)20(23)24/h5-8,12H,3-4,9H2,1-2H3,(H,17,19,22). The molecule has 1 N–H and O–H groups in total. The minimum absolute atomic E-state index is 0.0466. The maximum atomic E-state index is 12.4. The molecule has 0 spiro atoms. The maximum absolute atomic E-state index is 12.4. The van der Waals surface area contributed by atoms with Crippen molar-refractivity contribution in [3.63, 3.8) is 0 Å². The van der Waals surface area contributed by atoms with Gasteiger partial charge in [0, 0.05) is 17.7 Å². The van der Waals surface area contributed by atoms with E-state index in [1.54, 1.807) is 19.1 Å². The number of nitrogens with zero attached hydrogens (tertiary/aromatic N) is 3. The first kappa shape index (κ1) is 20.8. The second-order valence-electron chi connectivity index (χ2n) is 5.22. The maximum Gasteiger partial charge on any atom is 0.315 e. The zero-order valence-electron chi connectivity index (χ0n) is 14.7. The number of non-ortho nitro benzene ring substituents is 1. The molecule has 9 nitrogen and oxygen atoms in total. The van der Waals surface area contributed by atoms with Gasteiger partial charge in [-0.15, -0.1) is 22.0 Å². The third-order valence-corrected chi connectivity index (χ3v) is 5.57. The van der Waals surface area contributed by atoms with Gasteiger partial charge in [-0.1, -0.05) is 30.4 Å². The van der Waals surface area contributed by atoms with Crippen molar-refractivity contribution in [3.05, 3.63) is 34.4 Å². The monoisotopic (exact) mass is 410 g/mol. The Hall–Kier alpha value is -2.53. The van der Waals surface area contributed by atoms with Gasteiger partial charge in [0.2, 0.25) is 11.0 Å². The minimum Gasteiger partial charge on any atom is -0.465 e. The highest BCUT2D eigenvalue weighted by atomic mass is 32.2. The van der Waals surface area contributed by atoms with E-state index in [0.29, 0.717) is 23.6 Å². The highest BCUT2D eigenvalue weighted by Gasteiger charge is 2.21. The molecule has 1 unspecified atom stereocenters. The summed E-state index contributed by atoms with van der Waals surface area (Å²) in [4.78, 5) is 34.2. The van der Waals surface area contributed by atoms with Gasteiger partial charge in [0.15, 0.2) is 0 Å². The topological polar surface area (TPSA) is 124 Å². The molecule has 1 aromatic heterocycles. The number of aromatic nitrogens is 2. The summed E-state index contributed by atoms with van der Waals surface area (Å²) in [6, 6.07) is 6.03. The molecule has 27 heavy (non-hydrogen) atoms. The average molecular weight is 410 g/mol. The van der Waals surface area contributed by atoms with Crippen molar-refractivity contribution in [3.8, 4) is 10.6 Å². The van der Waals surface area contributed by atoms with Crippen LogP contribution in [0.3, 0.4) is 0 Å². The highest BCUT2D eigenvalue weighted by molar-refractivity contribution is 8.01. The van der Waals surface area contributed by atoms with Crippen LogP contribution < -0.4 is 5.32 Å². The van der Waals surface area contributed by atoms with E-state index in [4.69, 9.17) is 4.74 Å². The number of carbonyl (C=O) groups is 2. The number of nitro benzene ring substituents is 1. The number of esters is 1. The number of anilines is 1. The molecular formula is C16H18N4O5S2. The van der Waals surface area contributed by atoms with Crippen LogP contribution in [-0.4, -0.2) is 44.6 Å². The fourth-order valence-electron chi connectivity index (χ4n) is 2.08. The molecule has 0 saturated carbocycles. The van der Waals surface area contributed by atoms with Crippen molar-refractivity contribution in [1.82, 2.24) is 10.2 Å². The molecule has 0 saturated heterocycles. The fraction of sp³-hybridized carbons (Fsp3) is 0.375. The SMILES string of the molecule is CCOC(=O)CSC(CC)C(=O)Nc1nnc(-c2cccc([N+](=O)[O-])c2)s1. The van der Waals surface area contributed by atoms with Gasteiger partial charge in [-0.3, -0.25) is 25.0 Å². The number of rotatable bonds is 9. The van der Waals surface area contributed by atoms with Gasteiger partial charge in [-0.05, 0) is 13.3 Å². The Labute approximate surface area is 163 Å². The molecule has 1 aromatic carbocycles. The third kappa shape index (κ3) is 6.00. The number of benzene rings is 1. The van der Waals surface area contributed by atoms with Crippen molar-refractivity contribution >= 4 is 45.8 Å². The number of nitrogens with one attached hydrogen (secondary N) is 1. The number of ether oxygens (including phenoxy) is 1. The minimum atomic E-state index is -0.486. The molecule has 0 aliphatic heterocycles. The van der Waals surface area contributed by atoms with Gasteiger partial charge in [-0.25, -0.2) is 0 Å². The predicted octanol–water partition coefficient (Wildman–Crippen LogP) is 3.13. The van der Waals surface area contributed by atoms with E-state index in [2.05, 4.69) is 15.5 Å². The molecule has 0 fully saturated rings. The second kappa shape index (κ2) is 9.97. The second-order valence-corrected chi connectivity index (χ2v) is 7.39. The molecule has 2 rings (SSSR count). The van der Waals surface area contributed by atoms with Gasteiger partial charge in [0.1, 0.15) is 5.01 Å². The van der Waals surface area contributed by atoms with Gasteiger partial charge >= 0.3 is 5.97 Å². The van der Waals surface area contributed by atoms with Crippen molar-refractivity contribution < 1.29 is 19.2 Å². The van der Waals surface area contributed by atoms with Gasteiger partial charge in [0.05, 0.1) is 22.5 Å². The molecule has 2 aromatic rings. The lowest BCUT2D eigenvalue weighted by Crippen LogP contribution is -2.26. The molecule has 0 radical (unpaired) electrons. The van der Waals surface area contributed by atoms with Gasteiger partial charge in [-0.2, -0.15) is 0 Å². The first-order chi connectivity index (χ1) is 12.9. The van der Waals surface area contributed by atoms with Crippen molar-refractivity contribution in [2.24, 2.45) is 0 Å². The summed E-state index contributed by atoms with van der Waals surface area (Å²) >= 11 is 2.32. The Balaban J connectivity index is 2.01. The summed E-state index contributed by atoms with van der Waals surface area (Å²) in [5.74, 6) is -0.555. The summed E-state index contributed by atoms with van der Waals surface area (Å²) in [5, 5.41) is 21.8. The molecule has 0 aliphatic carbocycles. The molecule has 0 aliphatic rings. The lowest BCUT2D eigenvalue weighted by Gasteiger charge is -2.12. The Morgan fingerprint density at radius 3 is 2.81 bits per heavy atom. The number of hydrogen-bond donors (Lipinski definition) is 1. The van der Waals surface area contributed by atoms with Crippen LogP contribution in [-0.2, 0) is 14.3 Å². The normalized spacial score (nSPS) is 11.6. The van der Waals surface area contributed by atoms with Gasteiger partial charge < -0.3 is 4.74 Å². The lowest BCUT2D eigenvalue weighted by atomic mass is 10.2. The summed E-state index contributed by atoms with van der Waals surface area (Å²) in [7, 11) is 0. The van der Waals surface area contributed by atoms with E-state index < -0.39 is 10.2 Å². The van der Waals surface area contributed by atoms with Crippen LogP contribution in [0.25, 0.3) is 10.6 Å². The van der Waals surface area contributed by atoms with Crippen molar-refractivity contribution in [2.75, 3.05) is 17.7 Å². The summed E-state index contributed by atoms with van der Waals surface area (Å²) in [6.45, 7) is 3.87. The van der Waals surface area contributed by atoms with E-state index in [9.17, 15) is 19.7 Å². The molecule has 1 amide bonds. The van der Waals surface area contributed by atoms with Crippen LogP contribution >= 0.6 is 23.1 Å². The predicted molar refractivity (Wildman–Crippen MR) is 104 cm³/mol. The molecule has 11 heteroatoms. The lowest BCUT2D eigenvalue weighted by molar-refractivity contribution is -0.384. The zero-order chi connectivity index (χ0) is 19.8. The Morgan fingerprint density at radius 2 is 2.15 bits per heavy atom. The van der Waals surface area contributed by atoms with E-state index in [-0.39, 0.29) is 28.4 Å². The molecule has 0 bridgehead atoms. The summed E-state index contributed by atoms with van der Waals surface area (Å²) < 4.78 is 4.85. The fourth-order valence-corrected chi connectivity index (χ4v) is 3.69. The van der Waals surface area contributed by atoms with Crippen LogP contribution in [0.1, 0.15) is 20.3 Å². The third-order valence-electron chi connectivity index (χ3n) is 3.33. The first-order valence-electron chi connectivity index (χ1n) is 8.11. The molecule has 144 valence electrons. The van der Waals surface area contributed by atoms with Crippen LogP contribution in [0.15, 0.2) is 24.3 Å². The van der Waals surface area contributed by atoms with E-state index in [1.807, 2.05) is 6.92 Å². The van der Waals surface area contributed by atoms with Crippen molar-refractivity contribution in [1.29, 1.82) is 0 Å².